The first-order valence-electron chi connectivity index (χ1n) is 11.4. The summed E-state index contributed by atoms with van der Waals surface area (Å²) in [5.74, 6) is 7.09. The van der Waals surface area contributed by atoms with E-state index in [9.17, 15) is 0 Å². The SMILES string of the molecule is CC1CCCC(C2CCCC(C3CCCC(C)(C)CC3)C2C)C1C. The Morgan fingerprint density at radius 3 is 1.96 bits per heavy atom. The van der Waals surface area contributed by atoms with Gasteiger partial charge in [-0.25, -0.2) is 0 Å². The van der Waals surface area contributed by atoms with Gasteiger partial charge in [-0.05, 0) is 85.4 Å². The van der Waals surface area contributed by atoms with Crippen molar-refractivity contribution in [3.8, 4) is 0 Å². The number of hydrogen-bond donors (Lipinski definition) is 0. The van der Waals surface area contributed by atoms with Crippen LogP contribution in [0.3, 0.4) is 0 Å². The fraction of sp³-hybridized carbons (Fsp3) is 1.00. The molecule has 0 N–H and O–H groups in total. The third-order valence-electron chi connectivity index (χ3n) is 8.97. The topological polar surface area (TPSA) is 0 Å². The standard InChI is InChI=1S/C24H44/c1-17-9-6-12-22(18(17)2)23-13-7-11-21(19(23)3)20-10-8-15-24(4,5)16-14-20/h17-23H,6-16H2,1-5H3. The van der Waals surface area contributed by atoms with E-state index in [1.165, 1.54) is 64.2 Å². The predicted octanol–water partition coefficient (Wildman–Crippen LogP) is 7.72. The van der Waals surface area contributed by atoms with Crippen molar-refractivity contribution in [2.75, 3.05) is 0 Å². The Kier molecular flexibility index (Phi) is 6.03. The Labute approximate surface area is 152 Å². The summed E-state index contributed by atoms with van der Waals surface area (Å²) in [5.41, 5.74) is 0.610. The molecule has 0 spiro atoms. The van der Waals surface area contributed by atoms with Gasteiger partial charge in [-0.15, -0.1) is 0 Å². The van der Waals surface area contributed by atoms with E-state index < -0.39 is 0 Å². The zero-order valence-corrected chi connectivity index (χ0v) is 17.3. The van der Waals surface area contributed by atoms with Crippen LogP contribution in [-0.2, 0) is 0 Å². The van der Waals surface area contributed by atoms with Crippen LogP contribution in [0, 0.1) is 46.8 Å². The predicted molar refractivity (Wildman–Crippen MR) is 106 cm³/mol. The Balaban J connectivity index is 1.67. The summed E-state index contributed by atoms with van der Waals surface area (Å²) >= 11 is 0. The minimum Gasteiger partial charge on any atom is -0.0622 e. The first-order valence-corrected chi connectivity index (χ1v) is 11.4. The molecule has 0 amide bonds. The minimum absolute atomic E-state index is 0.610. The lowest BCUT2D eigenvalue weighted by atomic mass is 9.58. The van der Waals surface area contributed by atoms with E-state index in [0.29, 0.717) is 5.41 Å². The van der Waals surface area contributed by atoms with Crippen molar-refractivity contribution in [2.45, 2.75) is 105 Å². The van der Waals surface area contributed by atoms with Crippen LogP contribution in [0.2, 0.25) is 0 Å². The van der Waals surface area contributed by atoms with Crippen LogP contribution >= 0.6 is 0 Å². The molecule has 0 saturated heterocycles. The maximum atomic E-state index is 2.66. The van der Waals surface area contributed by atoms with Gasteiger partial charge in [0.05, 0.1) is 0 Å². The average Bonchev–Trinajstić information content (AvgIpc) is 2.71. The summed E-state index contributed by atoms with van der Waals surface area (Å²) < 4.78 is 0. The quantitative estimate of drug-likeness (QED) is 0.454. The van der Waals surface area contributed by atoms with Gasteiger partial charge in [0.2, 0.25) is 0 Å². The van der Waals surface area contributed by atoms with Gasteiger partial charge in [0, 0.05) is 0 Å². The molecule has 0 aromatic heterocycles. The number of hydrogen-bond acceptors (Lipinski definition) is 0. The molecule has 0 heterocycles. The molecule has 0 aromatic carbocycles. The lowest BCUT2D eigenvalue weighted by Crippen LogP contribution is -2.39. The molecule has 3 rings (SSSR count). The molecule has 0 aromatic rings. The van der Waals surface area contributed by atoms with Crippen LogP contribution in [0.25, 0.3) is 0 Å². The summed E-state index contributed by atoms with van der Waals surface area (Å²) in [6.07, 6.45) is 16.6. The van der Waals surface area contributed by atoms with Gasteiger partial charge < -0.3 is 0 Å². The van der Waals surface area contributed by atoms with Gasteiger partial charge in [-0.3, -0.25) is 0 Å². The number of rotatable bonds is 2. The summed E-state index contributed by atoms with van der Waals surface area (Å²) in [4.78, 5) is 0. The molecule has 24 heavy (non-hydrogen) atoms. The second kappa shape index (κ2) is 7.71. The van der Waals surface area contributed by atoms with Gasteiger partial charge in [0.15, 0.2) is 0 Å². The van der Waals surface area contributed by atoms with E-state index in [1.54, 1.807) is 6.42 Å². The molecule has 3 aliphatic rings. The van der Waals surface area contributed by atoms with Crippen LogP contribution in [0.5, 0.6) is 0 Å². The van der Waals surface area contributed by atoms with E-state index in [-0.39, 0.29) is 0 Å². The maximum Gasteiger partial charge on any atom is -0.0354 e. The van der Waals surface area contributed by atoms with Crippen LogP contribution in [0.1, 0.15) is 105 Å². The van der Waals surface area contributed by atoms with Gasteiger partial charge >= 0.3 is 0 Å². The van der Waals surface area contributed by atoms with Crippen LogP contribution in [-0.4, -0.2) is 0 Å². The molecule has 0 aliphatic heterocycles. The van der Waals surface area contributed by atoms with Crippen molar-refractivity contribution >= 4 is 0 Å². The van der Waals surface area contributed by atoms with E-state index in [4.69, 9.17) is 0 Å². The molecule has 3 fully saturated rings. The Hall–Kier alpha value is 0. The fourth-order valence-electron chi connectivity index (χ4n) is 7.05. The molecule has 0 heteroatoms. The highest BCUT2D eigenvalue weighted by molar-refractivity contribution is 4.92. The second-order valence-electron chi connectivity index (χ2n) is 10.9. The fourth-order valence-corrected chi connectivity index (χ4v) is 7.05. The molecule has 0 bridgehead atoms. The summed E-state index contributed by atoms with van der Waals surface area (Å²) in [5, 5.41) is 0. The smallest absolute Gasteiger partial charge is 0.0354 e. The lowest BCUT2D eigenvalue weighted by molar-refractivity contribution is 0.0188. The zero-order chi connectivity index (χ0) is 17.3. The van der Waals surface area contributed by atoms with Gasteiger partial charge in [0.25, 0.3) is 0 Å². The van der Waals surface area contributed by atoms with Gasteiger partial charge in [-0.1, -0.05) is 66.7 Å². The van der Waals surface area contributed by atoms with E-state index in [0.717, 1.165) is 41.4 Å². The molecule has 7 atom stereocenters. The van der Waals surface area contributed by atoms with E-state index in [1.807, 2.05) is 0 Å². The third-order valence-corrected chi connectivity index (χ3v) is 8.97. The highest BCUT2D eigenvalue weighted by Gasteiger charge is 2.42. The van der Waals surface area contributed by atoms with Gasteiger partial charge in [0.1, 0.15) is 0 Å². The molecule has 0 radical (unpaired) electrons. The Bertz CT molecular complexity index is 395. The molecular formula is C24H44. The van der Waals surface area contributed by atoms with Crippen molar-refractivity contribution in [3.05, 3.63) is 0 Å². The summed E-state index contributed by atoms with van der Waals surface area (Å²) in [6, 6.07) is 0. The lowest BCUT2D eigenvalue weighted by Gasteiger charge is -2.48. The summed E-state index contributed by atoms with van der Waals surface area (Å²) in [6.45, 7) is 12.8. The highest BCUT2D eigenvalue weighted by Crippen LogP contribution is 2.51. The van der Waals surface area contributed by atoms with Crippen molar-refractivity contribution < 1.29 is 0 Å². The van der Waals surface area contributed by atoms with Crippen LogP contribution in [0.4, 0.5) is 0 Å². The molecule has 3 saturated carbocycles. The zero-order valence-electron chi connectivity index (χ0n) is 17.3. The largest absolute Gasteiger partial charge is 0.0622 e. The van der Waals surface area contributed by atoms with E-state index in [2.05, 4.69) is 34.6 Å². The monoisotopic (exact) mass is 332 g/mol. The molecule has 0 nitrogen and oxygen atoms in total. The third kappa shape index (κ3) is 4.04. The first kappa shape index (κ1) is 18.8. The molecule has 140 valence electrons. The maximum absolute atomic E-state index is 2.66. The second-order valence-corrected chi connectivity index (χ2v) is 10.9. The average molecular weight is 333 g/mol. The summed E-state index contributed by atoms with van der Waals surface area (Å²) in [7, 11) is 0. The van der Waals surface area contributed by atoms with Crippen LogP contribution in [0.15, 0.2) is 0 Å². The first-order chi connectivity index (χ1) is 11.4. The molecule has 3 aliphatic carbocycles. The Morgan fingerprint density at radius 2 is 1.21 bits per heavy atom. The van der Waals surface area contributed by atoms with Gasteiger partial charge in [-0.2, -0.15) is 0 Å². The molecular weight excluding hydrogens is 288 g/mol. The normalized spacial score (nSPS) is 47.1. The molecule has 7 unspecified atom stereocenters. The van der Waals surface area contributed by atoms with Crippen LogP contribution < -0.4 is 0 Å². The minimum atomic E-state index is 0.610. The van der Waals surface area contributed by atoms with Crippen molar-refractivity contribution in [3.63, 3.8) is 0 Å². The van der Waals surface area contributed by atoms with Crippen molar-refractivity contribution in [1.82, 2.24) is 0 Å². The van der Waals surface area contributed by atoms with Crippen molar-refractivity contribution in [1.29, 1.82) is 0 Å². The highest BCUT2D eigenvalue weighted by atomic mass is 14.5. The van der Waals surface area contributed by atoms with Crippen molar-refractivity contribution in [2.24, 2.45) is 46.8 Å². The Morgan fingerprint density at radius 1 is 0.583 bits per heavy atom. The van der Waals surface area contributed by atoms with E-state index >= 15 is 0 Å².